The average Bonchev–Trinajstić information content (AvgIpc) is 2.35. The summed E-state index contributed by atoms with van der Waals surface area (Å²) in [7, 11) is 0. The minimum atomic E-state index is -0.390. The first kappa shape index (κ1) is 13.7. The fourth-order valence-corrected chi connectivity index (χ4v) is 1.54. The highest BCUT2D eigenvalue weighted by Gasteiger charge is 2.09. The van der Waals surface area contributed by atoms with Crippen LogP contribution in [0, 0.1) is 0 Å². The standard InChI is InChI=1S/C14H20O3/c1-2-3-7-12(15)10-11-14(16)17-13-8-5-4-6-9-13/h4-6,8-9,12,15H,2-3,7,10-11H2,1H3. The lowest BCUT2D eigenvalue weighted by Crippen LogP contribution is -2.13. The third-order valence-electron chi connectivity index (χ3n) is 2.55. The Labute approximate surface area is 102 Å². The van der Waals surface area contributed by atoms with Gasteiger partial charge in [-0.2, -0.15) is 0 Å². The number of esters is 1. The van der Waals surface area contributed by atoms with Crippen LogP contribution in [0.2, 0.25) is 0 Å². The molecule has 1 unspecified atom stereocenters. The van der Waals surface area contributed by atoms with E-state index in [0.717, 1.165) is 19.3 Å². The Morgan fingerprint density at radius 1 is 1.29 bits per heavy atom. The maximum absolute atomic E-state index is 11.5. The summed E-state index contributed by atoms with van der Waals surface area (Å²) in [6, 6.07) is 8.99. The summed E-state index contributed by atoms with van der Waals surface area (Å²) >= 11 is 0. The number of carbonyl (C=O) groups excluding carboxylic acids is 1. The topological polar surface area (TPSA) is 46.5 Å². The molecule has 1 N–H and O–H groups in total. The van der Waals surface area contributed by atoms with Crippen LogP contribution in [0.4, 0.5) is 0 Å². The Balaban J connectivity index is 2.21. The van der Waals surface area contributed by atoms with Crippen LogP contribution in [0.1, 0.15) is 39.0 Å². The summed E-state index contributed by atoms with van der Waals surface area (Å²) in [6.45, 7) is 2.08. The predicted molar refractivity (Wildman–Crippen MR) is 66.8 cm³/mol. The summed E-state index contributed by atoms with van der Waals surface area (Å²) < 4.78 is 5.12. The highest BCUT2D eigenvalue weighted by atomic mass is 16.5. The monoisotopic (exact) mass is 236 g/mol. The van der Waals surface area contributed by atoms with E-state index in [4.69, 9.17) is 4.74 Å². The predicted octanol–water partition coefficient (Wildman–Crippen LogP) is 2.92. The third-order valence-corrected chi connectivity index (χ3v) is 2.55. The zero-order chi connectivity index (χ0) is 12.5. The van der Waals surface area contributed by atoms with E-state index in [-0.39, 0.29) is 12.4 Å². The Bertz CT molecular complexity index is 321. The van der Waals surface area contributed by atoms with E-state index in [0.29, 0.717) is 12.2 Å². The van der Waals surface area contributed by atoms with Gasteiger partial charge in [-0.25, -0.2) is 0 Å². The normalized spacial score (nSPS) is 12.1. The van der Waals surface area contributed by atoms with E-state index in [1.165, 1.54) is 0 Å². The summed E-state index contributed by atoms with van der Waals surface area (Å²) in [4.78, 5) is 11.5. The van der Waals surface area contributed by atoms with Crippen molar-refractivity contribution in [2.45, 2.75) is 45.1 Å². The third kappa shape index (κ3) is 6.07. The summed E-state index contributed by atoms with van der Waals surface area (Å²) in [5, 5.41) is 9.59. The van der Waals surface area contributed by atoms with Gasteiger partial charge >= 0.3 is 5.97 Å². The number of aliphatic hydroxyl groups excluding tert-OH is 1. The molecule has 0 aliphatic heterocycles. The number of hydrogen-bond donors (Lipinski definition) is 1. The quantitative estimate of drug-likeness (QED) is 0.585. The average molecular weight is 236 g/mol. The Hall–Kier alpha value is -1.35. The second-order valence-corrected chi connectivity index (χ2v) is 4.12. The van der Waals surface area contributed by atoms with E-state index in [2.05, 4.69) is 6.92 Å². The largest absolute Gasteiger partial charge is 0.427 e. The van der Waals surface area contributed by atoms with Crippen molar-refractivity contribution in [3.8, 4) is 5.75 Å². The van der Waals surface area contributed by atoms with Crippen LogP contribution in [-0.2, 0) is 4.79 Å². The van der Waals surface area contributed by atoms with Crippen LogP contribution in [0.15, 0.2) is 30.3 Å². The molecule has 0 saturated carbocycles. The molecule has 0 aliphatic carbocycles. The molecular formula is C14H20O3. The van der Waals surface area contributed by atoms with Crippen LogP contribution in [0.25, 0.3) is 0 Å². The number of rotatable bonds is 7. The van der Waals surface area contributed by atoms with Gasteiger partial charge in [-0.3, -0.25) is 4.79 Å². The maximum Gasteiger partial charge on any atom is 0.311 e. The van der Waals surface area contributed by atoms with Crippen molar-refractivity contribution in [2.24, 2.45) is 0 Å². The minimum Gasteiger partial charge on any atom is -0.427 e. The lowest BCUT2D eigenvalue weighted by atomic mass is 10.1. The highest BCUT2D eigenvalue weighted by Crippen LogP contribution is 2.11. The SMILES string of the molecule is CCCCC(O)CCC(=O)Oc1ccccc1. The Kier molecular flexibility index (Phi) is 6.33. The first-order valence-electron chi connectivity index (χ1n) is 6.16. The molecule has 1 atom stereocenters. The van der Waals surface area contributed by atoms with Gasteiger partial charge in [0, 0.05) is 6.42 Å². The van der Waals surface area contributed by atoms with Gasteiger partial charge in [0.15, 0.2) is 0 Å². The second-order valence-electron chi connectivity index (χ2n) is 4.12. The molecule has 0 saturated heterocycles. The molecule has 3 nitrogen and oxygen atoms in total. The van der Waals surface area contributed by atoms with Gasteiger partial charge in [-0.1, -0.05) is 38.0 Å². The van der Waals surface area contributed by atoms with Gasteiger partial charge in [0.1, 0.15) is 5.75 Å². The molecule has 0 radical (unpaired) electrons. The molecule has 0 aromatic heterocycles. The van der Waals surface area contributed by atoms with E-state index < -0.39 is 6.10 Å². The Morgan fingerprint density at radius 3 is 2.65 bits per heavy atom. The number of benzene rings is 1. The lowest BCUT2D eigenvalue weighted by Gasteiger charge is -2.09. The first-order chi connectivity index (χ1) is 8.22. The van der Waals surface area contributed by atoms with Crippen molar-refractivity contribution in [1.82, 2.24) is 0 Å². The molecule has 17 heavy (non-hydrogen) atoms. The first-order valence-corrected chi connectivity index (χ1v) is 6.16. The number of para-hydroxylation sites is 1. The van der Waals surface area contributed by atoms with Gasteiger partial charge in [0.25, 0.3) is 0 Å². The second kappa shape index (κ2) is 7.85. The van der Waals surface area contributed by atoms with Gasteiger partial charge in [0.05, 0.1) is 6.10 Å². The van der Waals surface area contributed by atoms with Gasteiger partial charge < -0.3 is 9.84 Å². The van der Waals surface area contributed by atoms with Crippen molar-refractivity contribution in [1.29, 1.82) is 0 Å². The molecule has 0 amide bonds. The number of ether oxygens (including phenoxy) is 1. The zero-order valence-electron chi connectivity index (χ0n) is 10.3. The van der Waals surface area contributed by atoms with Crippen molar-refractivity contribution in [2.75, 3.05) is 0 Å². The maximum atomic E-state index is 11.5. The van der Waals surface area contributed by atoms with Gasteiger partial charge in [-0.15, -0.1) is 0 Å². The molecule has 1 aromatic carbocycles. The lowest BCUT2D eigenvalue weighted by molar-refractivity contribution is -0.135. The summed E-state index contributed by atoms with van der Waals surface area (Å²) in [5.41, 5.74) is 0. The van der Waals surface area contributed by atoms with Crippen molar-refractivity contribution < 1.29 is 14.6 Å². The smallest absolute Gasteiger partial charge is 0.311 e. The number of unbranched alkanes of at least 4 members (excludes halogenated alkanes) is 1. The number of carbonyl (C=O) groups is 1. The highest BCUT2D eigenvalue weighted by molar-refractivity contribution is 5.72. The van der Waals surface area contributed by atoms with Gasteiger partial charge in [0.2, 0.25) is 0 Å². The number of aliphatic hydroxyl groups is 1. The molecule has 1 rings (SSSR count). The molecule has 0 bridgehead atoms. The van der Waals surface area contributed by atoms with Crippen LogP contribution >= 0.6 is 0 Å². The van der Waals surface area contributed by atoms with E-state index in [1.807, 2.05) is 18.2 Å². The van der Waals surface area contributed by atoms with Crippen molar-refractivity contribution in [3.63, 3.8) is 0 Å². The Morgan fingerprint density at radius 2 is 2.00 bits per heavy atom. The van der Waals surface area contributed by atoms with Gasteiger partial charge in [-0.05, 0) is 25.0 Å². The van der Waals surface area contributed by atoms with Crippen LogP contribution in [0.3, 0.4) is 0 Å². The summed E-state index contributed by atoms with van der Waals surface area (Å²) in [6.07, 6.45) is 3.17. The molecule has 1 aromatic rings. The fourth-order valence-electron chi connectivity index (χ4n) is 1.54. The fraction of sp³-hybridized carbons (Fsp3) is 0.500. The van der Waals surface area contributed by atoms with Crippen LogP contribution in [0.5, 0.6) is 5.75 Å². The van der Waals surface area contributed by atoms with Crippen molar-refractivity contribution >= 4 is 5.97 Å². The molecule has 0 heterocycles. The summed E-state index contributed by atoms with van der Waals surface area (Å²) in [5.74, 6) is 0.271. The number of hydrogen-bond acceptors (Lipinski definition) is 3. The van der Waals surface area contributed by atoms with Crippen LogP contribution in [-0.4, -0.2) is 17.2 Å². The van der Waals surface area contributed by atoms with E-state index in [9.17, 15) is 9.90 Å². The van der Waals surface area contributed by atoms with E-state index in [1.54, 1.807) is 12.1 Å². The molecule has 0 fully saturated rings. The molecule has 3 heteroatoms. The van der Waals surface area contributed by atoms with E-state index >= 15 is 0 Å². The molecule has 0 spiro atoms. The van der Waals surface area contributed by atoms with Crippen LogP contribution < -0.4 is 4.74 Å². The minimum absolute atomic E-state index is 0.264. The zero-order valence-corrected chi connectivity index (χ0v) is 10.3. The molecular weight excluding hydrogens is 216 g/mol. The van der Waals surface area contributed by atoms with Crippen molar-refractivity contribution in [3.05, 3.63) is 30.3 Å². The molecule has 0 aliphatic rings. The molecule has 94 valence electrons.